The Balaban J connectivity index is 2.85. The Labute approximate surface area is 142 Å². The minimum absolute atomic E-state index is 0.0974. The Hall–Kier alpha value is -1.40. The van der Waals surface area contributed by atoms with E-state index in [0.717, 1.165) is 11.3 Å². The molecule has 0 bridgehead atoms. The molecule has 0 saturated heterocycles. The van der Waals surface area contributed by atoms with E-state index >= 15 is 0 Å². The van der Waals surface area contributed by atoms with Crippen LogP contribution in [0.25, 0.3) is 0 Å². The molecule has 0 aliphatic carbocycles. The second kappa shape index (κ2) is 8.45. The van der Waals surface area contributed by atoms with Crippen molar-refractivity contribution < 1.29 is 14.3 Å². The highest BCUT2D eigenvalue weighted by Gasteiger charge is 2.21. The summed E-state index contributed by atoms with van der Waals surface area (Å²) in [6, 6.07) is 1.81. The minimum Gasteiger partial charge on any atom is -0.462 e. The maximum atomic E-state index is 12.2. The van der Waals surface area contributed by atoms with Gasteiger partial charge in [-0.05, 0) is 39.2 Å². The van der Waals surface area contributed by atoms with Crippen molar-refractivity contribution in [2.45, 2.75) is 59.4 Å². The maximum absolute atomic E-state index is 12.2. The molecule has 0 atom stereocenters. The van der Waals surface area contributed by atoms with E-state index < -0.39 is 5.97 Å². The number of carbonyl (C=O) groups excluding carboxylic acids is 2. The Morgan fingerprint density at radius 3 is 2.48 bits per heavy atom. The summed E-state index contributed by atoms with van der Waals surface area (Å²) in [5, 5.41) is 6.61. The van der Waals surface area contributed by atoms with Gasteiger partial charge in [0.2, 0.25) is 5.91 Å². The quantitative estimate of drug-likeness (QED) is 0.707. The lowest BCUT2D eigenvalue weighted by atomic mass is 10.0. The predicted molar refractivity (Wildman–Crippen MR) is 95.4 cm³/mol. The summed E-state index contributed by atoms with van der Waals surface area (Å²) in [6.45, 7) is 12.6. The number of hydrogen-bond acceptors (Lipinski definition) is 5. The fourth-order valence-electron chi connectivity index (χ4n) is 1.76. The van der Waals surface area contributed by atoms with Gasteiger partial charge in [0.25, 0.3) is 0 Å². The van der Waals surface area contributed by atoms with Gasteiger partial charge in [-0.25, -0.2) is 4.79 Å². The van der Waals surface area contributed by atoms with E-state index in [1.807, 2.05) is 19.9 Å². The molecule has 0 saturated carbocycles. The van der Waals surface area contributed by atoms with Gasteiger partial charge in [0.1, 0.15) is 5.00 Å². The van der Waals surface area contributed by atoms with Gasteiger partial charge in [-0.15, -0.1) is 11.3 Å². The van der Waals surface area contributed by atoms with Gasteiger partial charge in [-0.2, -0.15) is 0 Å². The first-order valence-electron chi connectivity index (χ1n) is 8.05. The molecule has 1 heterocycles. The van der Waals surface area contributed by atoms with E-state index in [2.05, 4.69) is 31.4 Å². The number of esters is 1. The molecule has 0 spiro atoms. The first-order chi connectivity index (χ1) is 10.7. The van der Waals surface area contributed by atoms with Crippen molar-refractivity contribution in [2.75, 3.05) is 18.5 Å². The lowest BCUT2D eigenvalue weighted by Gasteiger charge is -2.24. The lowest BCUT2D eigenvalue weighted by molar-refractivity contribution is -0.115. The first kappa shape index (κ1) is 19.6. The molecule has 1 amide bonds. The highest BCUT2D eigenvalue weighted by atomic mass is 32.1. The second-order valence-corrected chi connectivity index (χ2v) is 7.49. The van der Waals surface area contributed by atoms with Crippen LogP contribution in [0.5, 0.6) is 0 Å². The number of anilines is 1. The zero-order chi connectivity index (χ0) is 17.6. The van der Waals surface area contributed by atoms with Gasteiger partial charge in [-0.3, -0.25) is 4.79 Å². The van der Waals surface area contributed by atoms with Crippen molar-refractivity contribution >= 4 is 28.2 Å². The van der Waals surface area contributed by atoms with Crippen LogP contribution >= 0.6 is 11.3 Å². The minimum atomic E-state index is -0.396. The molecule has 2 N–H and O–H groups in total. The molecular formula is C17H28N2O3S. The van der Waals surface area contributed by atoms with Crippen molar-refractivity contribution in [2.24, 2.45) is 0 Å². The van der Waals surface area contributed by atoms with Gasteiger partial charge in [0.15, 0.2) is 0 Å². The average Bonchev–Trinajstić information content (AvgIpc) is 2.90. The summed E-state index contributed by atoms with van der Waals surface area (Å²) in [6.07, 6.45) is 0.921. The highest BCUT2D eigenvalue weighted by molar-refractivity contribution is 7.16. The molecule has 1 aromatic heterocycles. The van der Waals surface area contributed by atoms with Crippen molar-refractivity contribution in [1.82, 2.24) is 5.32 Å². The molecule has 130 valence electrons. The van der Waals surface area contributed by atoms with Crippen LogP contribution in [0.4, 0.5) is 5.00 Å². The summed E-state index contributed by atoms with van der Waals surface area (Å²) in [4.78, 5) is 25.3. The lowest BCUT2D eigenvalue weighted by Crippen LogP contribution is -2.43. The Bertz CT molecular complexity index is 550. The topological polar surface area (TPSA) is 67.4 Å². The van der Waals surface area contributed by atoms with Gasteiger partial charge >= 0.3 is 5.97 Å². The van der Waals surface area contributed by atoms with Crippen LogP contribution in [-0.2, 0) is 9.53 Å². The van der Waals surface area contributed by atoms with Gasteiger partial charge in [-0.1, -0.05) is 20.8 Å². The molecule has 0 aliphatic rings. The number of ether oxygens (including phenoxy) is 1. The Morgan fingerprint density at radius 2 is 1.96 bits per heavy atom. The molecule has 0 unspecified atom stereocenters. The molecule has 1 rings (SSSR count). The largest absolute Gasteiger partial charge is 0.462 e. The van der Waals surface area contributed by atoms with Crippen molar-refractivity contribution in [3.05, 3.63) is 16.5 Å². The third kappa shape index (κ3) is 5.95. The molecule has 0 radical (unpaired) electrons. The van der Waals surface area contributed by atoms with Crippen LogP contribution in [0.2, 0.25) is 0 Å². The number of carbonyl (C=O) groups is 2. The standard InChI is InChI=1S/C17H28N2O3S/c1-7-17(5,6)18-10-14(20)19-15-12(16(21)22-8-2)9-13(23-15)11(3)4/h9,11,18H,7-8,10H2,1-6H3,(H,19,20). The summed E-state index contributed by atoms with van der Waals surface area (Å²) in [7, 11) is 0. The summed E-state index contributed by atoms with van der Waals surface area (Å²) in [5.41, 5.74) is 0.337. The van der Waals surface area contributed by atoms with E-state index in [0.29, 0.717) is 17.2 Å². The van der Waals surface area contributed by atoms with Crippen molar-refractivity contribution in [3.8, 4) is 0 Å². The molecule has 0 aromatic carbocycles. The summed E-state index contributed by atoms with van der Waals surface area (Å²) < 4.78 is 5.08. The summed E-state index contributed by atoms with van der Waals surface area (Å²) >= 11 is 1.43. The third-order valence-electron chi connectivity index (χ3n) is 3.68. The molecule has 1 aromatic rings. The highest BCUT2D eigenvalue weighted by Crippen LogP contribution is 2.33. The molecule has 0 fully saturated rings. The van der Waals surface area contributed by atoms with Crippen LogP contribution in [-0.4, -0.2) is 30.6 Å². The van der Waals surface area contributed by atoms with Crippen LogP contribution < -0.4 is 10.6 Å². The van der Waals surface area contributed by atoms with Gasteiger partial charge in [0.05, 0.1) is 18.7 Å². The molecule has 6 heteroatoms. The van der Waals surface area contributed by atoms with Crippen LogP contribution in [0.15, 0.2) is 6.07 Å². The zero-order valence-corrected chi connectivity index (χ0v) is 15.7. The number of amides is 1. The van der Waals surface area contributed by atoms with Gasteiger partial charge < -0.3 is 15.4 Å². The second-order valence-electron chi connectivity index (χ2n) is 6.41. The number of nitrogens with one attached hydrogen (secondary N) is 2. The molecular weight excluding hydrogens is 312 g/mol. The SMILES string of the molecule is CCOC(=O)c1cc(C(C)C)sc1NC(=O)CNC(C)(C)CC. The van der Waals surface area contributed by atoms with Crippen LogP contribution in [0.1, 0.15) is 69.1 Å². The normalized spacial score (nSPS) is 11.6. The van der Waals surface area contributed by atoms with Crippen LogP contribution in [0.3, 0.4) is 0 Å². The molecule has 23 heavy (non-hydrogen) atoms. The fraction of sp³-hybridized carbons (Fsp3) is 0.647. The Morgan fingerprint density at radius 1 is 1.30 bits per heavy atom. The number of rotatable bonds is 8. The summed E-state index contributed by atoms with van der Waals surface area (Å²) in [5.74, 6) is -0.266. The molecule has 0 aliphatic heterocycles. The Kier molecular flexibility index (Phi) is 7.22. The average molecular weight is 340 g/mol. The first-order valence-corrected chi connectivity index (χ1v) is 8.87. The van der Waals surface area contributed by atoms with E-state index in [1.165, 1.54) is 11.3 Å². The predicted octanol–water partition coefficient (Wildman–Crippen LogP) is 3.76. The van der Waals surface area contributed by atoms with E-state index in [4.69, 9.17) is 4.74 Å². The third-order valence-corrected chi connectivity index (χ3v) is 5.03. The number of hydrogen-bond donors (Lipinski definition) is 2. The van der Waals surface area contributed by atoms with E-state index in [9.17, 15) is 9.59 Å². The van der Waals surface area contributed by atoms with Crippen molar-refractivity contribution in [3.63, 3.8) is 0 Å². The number of thiophene rings is 1. The zero-order valence-electron chi connectivity index (χ0n) is 14.9. The monoisotopic (exact) mass is 340 g/mol. The fourth-order valence-corrected chi connectivity index (χ4v) is 2.83. The van der Waals surface area contributed by atoms with Crippen molar-refractivity contribution in [1.29, 1.82) is 0 Å². The van der Waals surface area contributed by atoms with Crippen LogP contribution in [0, 0.1) is 0 Å². The maximum Gasteiger partial charge on any atom is 0.341 e. The van der Waals surface area contributed by atoms with E-state index in [-0.39, 0.29) is 23.9 Å². The smallest absolute Gasteiger partial charge is 0.341 e. The van der Waals surface area contributed by atoms with Gasteiger partial charge in [0, 0.05) is 10.4 Å². The van der Waals surface area contributed by atoms with E-state index in [1.54, 1.807) is 6.92 Å². The molecule has 5 nitrogen and oxygen atoms in total.